The van der Waals surface area contributed by atoms with E-state index in [1.54, 1.807) is 6.26 Å². The molecule has 1 aromatic heterocycles. The molecule has 17 heavy (non-hydrogen) atoms. The van der Waals surface area contributed by atoms with Gasteiger partial charge in [-0.25, -0.2) is 0 Å². The van der Waals surface area contributed by atoms with Crippen LogP contribution in [-0.2, 0) is 6.54 Å². The SMILES string of the molecule is CCC1CCCN1c1nc(CNC2CC2)co1. The standard InChI is InChI=1S/C13H21N3O/c1-2-12-4-3-7-16(12)13-15-11(9-17-13)8-14-10-5-6-10/h9-10,12,14H,2-8H2,1H3. The molecule has 1 aliphatic heterocycles. The quantitative estimate of drug-likeness (QED) is 0.850. The highest BCUT2D eigenvalue weighted by Gasteiger charge is 2.27. The number of aromatic nitrogens is 1. The first-order valence-corrected chi connectivity index (χ1v) is 6.81. The summed E-state index contributed by atoms with van der Waals surface area (Å²) in [6.45, 7) is 4.18. The van der Waals surface area contributed by atoms with Crippen molar-refractivity contribution < 1.29 is 4.42 Å². The van der Waals surface area contributed by atoms with E-state index in [4.69, 9.17) is 4.42 Å². The van der Waals surface area contributed by atoms with Crippen molar-refractivity contribution in [3.8, 4) is 0 Å². The summed E-state index contributed by atoms with van der Waals surface area (Å²) in [7, 11) is 0. The average molecular weight is 235 g/mol. The van der Waals surface area contributed by atoms with Crippen molar-refractivity contribution in [1.82, 2.24) is 10.3 Å². The molecule has 2 fully saturated rings. The number of hydrogen-bond donors (Lipinski definition) is 1. The molecule has 1 aliphatic carbocycles. The van der Waals surface area contributed by atoms with E-state index >= 15 is 0 Å². The molecule has 1 saturated carbocycles. The van der Waals surface area contributed by atoms with Crippen LogP contribution >= 0.6 is 0 Å². The molecule has 0 radical (unpaired) electrons. The zero-order valence-corrected chi connectivity index (χ0v) is 10.5. The second-order valence-electron chi connectivity index (χ2n) is 5.17. The Morgan fingerprint density at radius 3 is 3.12 bits per heavy atom. The summed E-state index contributed by atoms with van der Waals surface area (Å²) >= 11 is 0. The fraction of sp³-hybridized carbons (Fsp3) is 0.769. The Labute approximate surface area is 102 Å². The number of rotatable bonds is 5. The second kappa shape index (κ2) is 4.69. The van der Waals surface area contributed by atoms with Gasteiger partial charge in [0.2, 0.25) is 0 Å². The lowest BCUT2D eigenvalue weighted by molar-refractivity contribution is 0.515. The van der Waals surface area contributed by atoms with Crippen molar-refractivity contribution in [2.75, 3.05) is 11.4 Å². The van der Waals surface area contributed by atoms with Crippen molar-refractivity contribution in [3.63, 3.8) is 0 Å². The molecule has 94 valence electrons. The maximum atomic E-state index is 5.61. The highest BCUT2D eigenvalue weighted by molar-refractivity contribution is 5.30. The number of nitrogens with one attached hydrogen (secondary N) is 1. The van der Waals surface area contributed by atoms with E-state index in [0.29, 0.717) is 6.04 Å². The van der Waals surface area contributed by atoms with Gasteiger partial charge in [-0.05, 0) is 32.1 Å². The van der Waals surface area contributed by atoms with Gasteiger partial charge in [-0.15, -0.1) is 0 Å². The zero-order chi connectivity index (χ0) is 11.7. The fourth-order valence-electron chi connectivity index (χ4n) is 2.56. The lowest BCUT2D eigenvalue weighted by atomic mass is 10.2. The fourth-order valence-corrected chi connectivity index (χ4v) is 2.56. The molecule has 0 amide bonds. The number of nitrogens with zero attached hydrogens (tertiary/aromatic N) is 2. The summed E-state index contributed by atoms with van der Waals surface area (Å²) in [5, 5.41) is 3.46. The predicted molar refractivity (Wildman–Crippen MR) is 67.0 cm³/mol. The topological polar surface area (TPSA) is 41.3 Å². The second-order valence-corrected chi connectivity index (χ2v) is 5.17. The summed E-state index contributed by atoms with van der Waals surface area (Å²) in [4.78, 5) is 6.91. The average Bonchev–Trinajstić information content (AvgIpc) is 2.89. The maximum absolute atomic E-state index is 5.61. The van der Waals surface area contributed by atoms with Crippen LogP contribution in [0.4, 0.5) is 6.01 Å². The van der Waals surface area contributed by atoms with Crippen molar-refractivity contribution >= 4 is 6.01 Å². The summed E-state index contributed by atoms with van der Waals surface area (Å²) in [5.74, 6) is 0. The first-order chi connectivity index (χ1) is 8.36. The molecule has 0 spiro atoms. The van der Waals surface area contributed by atoms with Crippen molar-refractivity contribution in [3.05, 3.63) is 12.0 Å². The van der Waals surface area contributed by atoms with Gasteiger partial charge in [0, 0.05) is 25.2 Å². The van der Waals surface area contributed by atoms with Crippen molar-refractivity contribution in [2.24, 2.45) is 0 Å². The van der Waals surface area contributed by atoms with Crippen LogP contribution in [0.2, 0.25) is 0 Å². The molecule has 4 nitrogen and oxygen atoms in total. The van der Waals surface area contributed by atoms with Crippen LogP contribution in [0.5, 0.6) is 0 Å². The molecule has 0 aromatic carbocycles. The Bertz CT molecular complexity index is 372. The Balaban J connectivity index is 1.62. The Hall–Kier alpha value is -1.03. The van der Waals surface area contributed by atoms with Crippen molar-refractivity contribution in [2.45, 2.75) is 57.7 Å². The molecule has 3 rings (SSSR count). The smallest absolute Gasteiger partial charge is 0.297 e. The molecule has 0 bridgehead atoms. The molecule has 2 heterocycles. The third kappa shape index (κ3) is 2.46. The van der Waals surface area contributed by atoms with E-state index in [1.807, 2.05) is 0 Å². The van der Waals surface area contributed by atoms with Crippen LogP contribution in [0.3, 0.4) is 0 Å². The lowest BCUT2D eigenvalue weighted by Gasteiger charge is -2.20. The van der Waals surface area contributed by atoms with E-state index in [0.717, 1.165) is 30.8 Å². The van der Waals surface area contributed by atoms with Gasteiger partial charge in [-0.2, -0.15) is 4.98 Å². The molecule has 1 unspecified atom stereocenters. The largest absolute Gasteiger partial charge is 0.432 e. The van der Waals surface area contributed by atoms with Gasteiger partial charge in [0.25, 0.3) is 6.01 Å². The Kier molecular flexibility index (Phi) is 3.05. The zero-order valence-electron chi connectivity index (χ0n) is 10.5. The molecule has 1 aromatic rings. The minimum atomic E-state index is 0.623. The van der Waals surface area contributed by atoms with E-state index in [-0.39, 0.29) is 0 Å². The molecule has 4 heteroatoms. The normalized spacial score (nSPS) is 24.5. The molecule has 1 N–H and O–H groups in total. The van der Waals surface area contributed by atoms with Crippen LogP contribution in [-0.4, -0.2) is 23.6 Å². The van der Waals surface area contributed by atoms with Crippen LogP contribution in [0.1, 0.15) is 44.7 Å². The van der Waals surface area contributed by atoms with Crippen LogP contribution < -0.4 is 10.2 Å². The summed E-state index contributed by atoms with van der Waals surface area (Å²) in [5.41, 5.74) is 1.04. The van der Waals surface area contributed by atoms with Gasteiger partial charge in [-0.1, -0.05) is 6.92 Å². The van der Waals surface area contributed by atoms with Gasteiger partial charge in [0.15, 0.2) is 0 Å². The maximum Gasteiger partial charge on any atom is 0.297 e. The summed E-state index contributed by atoms with van der Waals surface area (Å²) < 4.78 is 5.61. The number of hydrogen-bond acceptors (Lipinski definition) is 4. The van der Waals surface area contributed by atoms with E-state index < -0.39 is 0 Å². The first-order valence-electron chi connectivity index (χ1n) is 6.81. The van der Waals surface area contributed by atoms with E-state index in [2.05, 4.69) is 22.1 Å². The lowest BCUT2D eigenvalue weighted by Crippen LogP contribution is -2.28. The van der Waals surface area contributed by atoms with Crippen LogP contribution in [0, 0.1) is 0 Å². The third-order valence-electron chi connectivity index (χ3n) is 3.78. The van der Waals surface area contributed by atoms with Gasteiger partial charge in [0.05, 0.1) is 5.69 Å². The number of anilines is 1. The first kappa shape index (κ1) is 11.1. The number of oxazole rings is 1. The van der Waals surface area contributed by atoms with Crippen LogP contribution in [0.25, 0.3) is 0 Å². The molecular weight excluding hydrogens is 214 g/mol. The monoisotopic (exact) mass is 235 g/mol. The Morgan fingerprint density at radius 2 is 2.35 bits per heavy atom. The van der Waals surface area contributed by atoms with E-state index in [1.165, 1.54) is 32.1 Å². The third-order valence-corrected chi connectivity index (χ3v) is 3.78. The molecule has 2 aliphatic rings. The highest BCUT2D eigenvalue weighted by atomic mass is 16.4. The predicted octanol–water partition coefficient (Wildman–Crippen LogP) is 2.31. The molecular formula is C13H21N3O. The summed E-state index contributed by atoms with van der Waals surface area (Å²) in [6, 6.07) is 2.17. The van der Waals surface area contributed by atoms with E-state index in [9.17, 15) is 0 Å². The van der Waals surface area contributed by atoms with Gasteiger partial charge in [0.1, 0.15) is 6.26 Å². The van der Waals surface area contributed by atoms with Gasteiger partial charge >= 0.3 is 0 Å². The molecule has 1 saturated heterocycles. The van der Waals surface area contributed by atoms with Crippen molar-refractivity contribution in [1.29, 1.82) is 0 Å². The van der Waals surface area contributed by atoms with Gasteiger partial charge in [-0.3, -0.25) is 0 Å². The summed E-state index contributed by atoms with van der Waals surface area (Å²) in [6.07, 6.45) is 8.14. The van der Waals surface area contributed by atoms with Gasteiger partial charge < -0.3 is 14.6 Å². The highest BCUT2D eigenvalue weighted by Crippen LogP contribution is 2.26. The minimum Gasteiger partial charge on any atom is -0.432 e. The molecule has 1 atom stereocenters. The minimum absolute atomic E-state index is 0.623. The Morgan fingerprint density at radius 1 is 1.47 bits per heavy atom. The van der Waals surface area contributed by atoms with Crippen LogP contribution in [0.15, 0.2) is 10.7 Å².